The van der Waals surface area contributed by atoms with Gasteiger partial charge in [-0.15, -0.1) is 0 Å². The van der Waals surface area contributed by atoms with Crippen LogP contribution in [0.25, 0.3) is 0 Å². The van der Waals surface area contributed by atoms with Crippen LogP contribution in [0.5, 0.6) is 0 Å². The van der Waals surface area contributed by atoms with Crippen LogP contribution in [0.2, 0.25) is 0 Å². The summed E-state index contributed by atoms with van der Waals surface area (Å²) < 4.78 is 1.96. The smallest absolute Gasteiger partial charge is 0.0656 e. The highest BCUT2D eigenvalue weighted by Crippen LogP contribution is 2.39. The number of fused-ring (bicyclic) bond motifs is 1. The molecule has 1 aromatic heterocycles. The molecule has 76 valence electrons. The standard InChI is InChI=1S/C11H17N3/c1-14-7-9-6-11(4-5-12-8-11)3-2-10(9)13-14/h7,12H,2-6,8H2,1H3/t11-/m0/s1. The molecule has 14 heavy (non-hydrogen) atoms. The molecule has 2 aliphatic rings. The van der Waals surface area contributed by atoms with E-state index in [0.29, 0.717) is 5.41 Å². The minimum Gasteiger partial charge on any atom is -0.316 e. The highest BCUT2D eigenvalue weighted by Gasteiger charge is 2.37. The molecule has 0 bridgehead atoms. The van der Waals surface area contributed by atoms with Gasteiger partial charge in [0.2, 0.25) is 0 Å². The van der Waals surface area contributed by atoms with E-state index in [9.17, 15) is 0 Å². The Balaban J connectivity index is 1.92. The number of aromatic nitrogens is 2. The maximum Gasteiger partial charge on any atom is 0.0656 e. The van der Waals surface area contributed by atoms with Crippen molar-refractivity contribution in [2.24, 2.45) is 12.5 Å². The first-order valence-electron chi connectivity index (χ1n) is 5.50. The Bertz CT molecular complexity index is 347. The second kappa shape index (κ2) is 2.83. The Morgan fingerprint density at radius 2 is 2.43 bits per heavy atom. The van der Waals surface area contributed by atoms with Crippen LogP contribution in [0, 0.1) is 5.41 Å². The molecular formula is C11H17N3. The average molecular weight is 191 g/mol. The maximum absolute atomic E-state index is 4.50. The van der Waals surface area contributed by atoms with Crippen LogP contribution in [0.3, 0.4) is 0 Å². The van der Waals surface area contributed by atoms with Crippen LogP contribution in [-0.4, -0.2) is 22.9 Å². The van der Waals surface area contributed by atoms with Crippen molar-refractivity contribution in [1.29, 1.82) is 0 Å². The molecule has 1 aromatic rings. The van der Waals surface area contributed by atoms with Gasteiger partial charge in [-0.25, -0.2) is 0 Å². The van der Waals surface area contributed by atoms with E-state index in [1.54, 1.807) is 0 Å². The molecule has 1 spiro atoms. The van der Waals surface area contributed by atoms with Gasteiger partial charge < -0.3 is 5.32 Å². The normalized spacial score (nSPS) is 30.9. The van der Waals surface area contributed by atoms with Crippen molar-refractivity contribution in [2.75, 3.05) is 13.1 Å². The molecule has 3 heteroatoms. The molecule has 0 radical (unpaired) electrons. The van der Waals surface area contributed by atoms with E-state index in [1.807, 2.05) is 11.7 Å². The number of rotatable bonds is 0. The molecule has 3 rings (SSSR count). The minimum absolute atomic E-state index is 0.566. The average Bonchev–Trinajstić information content (AvgIpc) is 2.72. The van der Waals surface area contributed by atoms with Gasteiger partial charge in [0.15, 0.2) is 0 Å². The second-order valence-electron chi connectivity index (χ2n) is 4.88. The Morgan fingerprint density at radius 1 is 1.50 bits per heavy atom. The summed E-state index contributed by atoms with van der Waals surface area (Å²) in [5.41, 5.74) is 3.39. The largest absolute Gasteiger partial charge is 0.316 e. The number of hydrogen-bond donors (Lipinski definition) is 1. The molecule has 1 atom stereocenters. The molecular weight excluding hydrogens is 174 g/mol. The van der Waals surface area contributed by atoms with Gasteiger partial charge in [-0.1, -0.05) is 0 Å². The summed E-state index contributed by atoms with van der Waals surface area (Å²) in [4.78, 5) is 0. The van der Waals surface area contributed by atoms with E-state index in [1.165, 1.54) is 50.0 Å². The zero-order valence-electron chi connectivity index (χ0n) is 8.71. The first kappa shape index (κ1) is 8.48. The fourth-order valence-corrected chi connectivity index (χ4v) is 2.98. The fraction of sp³-hybridized carbons (Fsp3) is 0.727. The van der Waals surface area contributed by atoms with E-state index in [2.05, 4.69) is 16.6 Å². The molecule has 1 N–H and O–H groups in total. The number of nitrogens with one attached hydrogen (secondary N) is 1. The van der Waals surface area contributed by atoms with Crippen molar-refractivity contribution >= 4 is 0 Å². The van der Waals surface area contributed by atoms with Crippen molar-refractivity contribution in [3.8, 4) is 0 Å². The molecule has 0 amide bonds. The quantitative estimate of drug-likeness (QED) is 0.660. The number of nitrogens with zero attached hydrogens (tertiary/aromatic N) is 2. The van der Waals surface area contributed by atoms with Gasteiger partial charge >= 0.3 is 0 Å². The van der Waals surface area contributed by atoms with Gasteiger partial charge in [-0.2, -0.15) is 5.10 Å². The lowest BCUT2D eigenvalue weighted by atomic mass is 9.73. The summed E-state index contributed by atoms with van der Waals surface area (Å²) in [7, 11) is 2.03. The van der Waals surface area contributed by atoms with E-state index in [0.717, 1.165) is 0 Å². The van der Waals surface area contributed by atoms with E-state index in [-0.39, 0.29) is 0 Å². The van der Waals surface area contributed by atoms with E-state index < -0.39 is 0 Å². The van der Waals surface area contributed by atoms with Gasteiger partial charge in [-0.3, -0.25) is 4.68 Å². The zero-order chi connectivity index (χ0) is 9.60. The van der Waals surface area contributed by atoms with Gasteiger partial charge in [0.25, 0.3) is 0 Å². The molecule has 0 unspecified atom stereocenters. The van der Waals surface area contributed by atoms with E-state index >= 15 is 0 Å². The predicted octanol–water partition coefficient (Wildman–Crippen LogP) is 0.888. The van der Waals surface area contributed by atoms with Gasteiger partial charge in [0, 0.05) is 19.8 Å². The SMILES string of the molecule is Cn1cc2c(n1)CC[C@]1(CCNC1)C2. The van der Waals surface area contributed by atoms with Gasteiger partial charge in [-0.05, 0) is 43.2 Å². The fourth-order valence-electron chi connectivity index (χ4n) is 2.98. The highest BCUT2D eigenvalue weighted by molar-refractivity contribution is 5.23. The molecule has 1 saturated heterocycles. The summed E-state index contributed by atoms with van der Waals surface area (Å²) in [5, 5.41) is 8.00. The van der Waals surface area contributed by atoms with Crippen molar-refractivity contribution in [3.63, 3.8) is 0 Å². The zero-order valence-corrected chi connectivity index (χ0v) is 8.71. The summed E-state index contributed by atoms with van der Waals surface area (Å²) in [6, 6.07) is 0. The van der Waals surface area contributed by atoms with Crippen LogP contribution >= 0.6 is 0 Å². The molecule has 2 heterocycles. The van der Waals surface area contributed by atoms with Crippen molar-refractivity contribution in [1.82, 2.24) is 15.1 Å². The topological polar surface area (TPSA) is 29.9 Å². The lowest BCUT2D eigenvalue weighted by molar-refractivity contribution is 0.277. The third-order valence-corrected chi connectivity index (χ3v) is 3.78. The first-order chi connectivity index (χ1) is 6.77. The molecule has 1 fully saturated rings. The number of hydrogen-bond acceptors (Lipinski definition) is 2. The molecule has 1 aliphatic heterocycles. The third kappa shape index (κ3) is 1.19. The summed E-state index contributed by atoms with van der Waals surface area (Å²) in [6.07, 6.45) is 7.29. The van der Waals surface area contributed by atoms with Gasteiger partial charge in [0.1, 0.15) is 0 Å². The van der Waals surface area contributed by atoms with Crippen LogP contribution < -0.4 is 5.32 Å². The predicted molar refractivity (Wildman–Crippen MR) is 55.2 cm³/mol. The van der Waals surface area contributed by atoms with Gasteiger partial charge in [0.05, 0.1) is 5.69 Å². The Kier molecular flexibility index (Phi) is 1.71. The van der Waals surface area contributed by atoms with Crippen molar-refractivity contribution in [2.45, 2.75) is 25.7 Å². The summed E-state index contributed by atoms with van der Waals surface area (Å²) in [5.74, 6) is 0. The van der Waals surface area contributed by atoms with E-state index in [4.69, 9.17) is 0 Å². The number of aryl methyl sites for hydroxylation is 2. The van der Waals surface area contributed by atoms with Crippen LogP contribution in [0.1, 0.15) is 24.1 Å². The Labute approximate surface area is 84.5 Å². The van der Waals surface area contributed by atoms with Crippen LogP contribution in [0.4, 0.5) is 0 Å². The summed E-state index contributed by atoms with van der Waals surface area (Å²) in [6.45, 7) is 2.41. The first-order valence-corrected chi connectivity index (χ1v) is 5.50. The van der Waals surface area contributed by atoms with Crippen LogP contribution in [0.15, 0.2) is 6.20 Å². The lowest BCUT2D eigenvalue weighted by Crippen LogP contribution is -2.30. The second-order valence-corrected chi connectivity index (χ2v) is 4.88. The Morgan fingerprint density at radius 3 is 3.21 bits per heavy atom. The Hall–Kier alpha value is -0.830. The lowest BCUT2D eigenvalue weighted by Gasteiger charge is -2.31. The van der Waals surface area contributed by atoms with Crippen molar-refractivity contribution < 1.29 is 0 Å². The minimum atomic E-state index is 0.566. The molecule has 0 aromatic carbocycles. The molecule has 3 nitrogen and oxygen atoms in total. The van der Waals surface area contributed by atoms with Crippen LogP contribution in [-0.2, 0) is 19.9 Å². The van der Waals surface area contributed by atoms with Crippen molar-refractivity contribution in [3.05, 3.63) is 17.5 Å². The monoisotopic (exact) mass is 191 g/mol. The maximum atomic E-state index is 4.50. The highest BCUT2D eigenvalue weighted by atomic mass is 15.3. The summed E-state index contributed by atoms with van der Waals surface area (Å²) >= 11 is 0. The molecule has 0 saturated carbocycles. The molecule has 1 aliphatic carbocycles. The third-order valence-electron chi connectivity index (χ3n) is 3.78.